The monoisotopic (exact) mass is 497 g/mol. The van der Waals surface area contributed by atoms with Gasteiger partial charge in [-0.3, -0.25) is 14.9 Å². The number of anilines is 1. The van der Waals surface area contributed by atoms with Gasteiger partial charge in [0.2, 0.25) is 0 Å². The Labute approximate surface area is 211 Å². The van der Waals surface area contributed by atoms with Crippen molar-refractivity contribution in [3.8, 4) is 11.1 Å². The highest BCUT2D eigenvalue weighted by atomic mass is 32.1. The van der Waals surface area contributed by atoms with Crippen LogP contribution in [0.4, 0.5) is 5.13 Å². The molecule has 7 nitrogen and oxygen atoms in total. The highest BCUT2D eigenvalue weighted by molar-refractivity contribution is 7.22. The van der Waals surface area contributed by atoms with Crippen molar-refractivity contribution in [1.82, 2.24) is 9.55 Å². The number of carbonyl (C=O) groups excluding carboxylic acids is 2. The minimum atomic E-state index is -1.06. The van der Waals surface area contributed by atoms with Crippen molar-refractivity contribution in [2.75, 3.05) is 5.32 Å². The molecule has 1 atom stereocenters. The molecule has 1 N–H and O–H groups in total. The van der Waals surface area contributed by atoms with E-state index in [9.17, 15) is 14.4 Å². The third-order valence-corrected chi connectivity index (χ3v) is 6.95. The van der Waals surface area contributed by atoms with E-state index in [1.54, 1.807) is 26.1 Å². The van der Waals surface area contributed by atoms with Crippen LogP contribution in [0.3, 0.4) is 0 Å². The second-order valence-electron chi connectivity index (χ2n) is 8.28. The summed E-state index contributed by atoms with van der Waals surface area (Å²) >= 11 is 1.35. The van der Waals surface area contributed by atoms with Gasteiger partial charge in [-0.2, -0.15) is 0 Å². The van der Waals surface area contributed by atoms with Crippen LogP contribution in [0.2, 0.25) is 0 Å². The van der Waals surface area contributed by atoms with Crippen molar-refractivity contribution >= 4 is 49.3 Å². The van der Waals surface area contributed by atoms with Crippen molar-refractivity contribution < 1.29 is 14.3 Å². The fraction of sp³-hybridized carbons (Fsp3) is 0.143. The van der Waals surface area contributed by atoms with Gasteiger partial charge < -0.3 is 9.30 Å². The van der Waals surface area contributed by atoms with Gasteiger partial charge in [-0.15, -0.1) is 0 Å². The van der Waals surface area contributed by atoms with Gasteiger partial charge in [0.1, 0.15) is 5.69 Å². The zero-order chi connectivity index (χ0) is 25.2. The van der Waals surface area contributed by atoms with Gasteiger partial charge >= 0.3 is 5.97 Å². The minimum absolute atomic E-state index is 0.0936. The lowest BCUT2D eigenvalue weighted by Crippen LogP contribution is -2.34. The summed E-state index contributed by atoms with van der Waals surface area (Å²) in [5.41, 5.74) is 1.91. The van der Waals surface area contributed by atoms with Crippen molar-refractivity contribution in [2.24, 2.45) is 7.05 Å². The van der Waals surface area contributed by atoms with Gasteiger partial charge in [0.25, 0.3) is 11.5 Å². The molecule has 1 amide bonds. The lowest BCUT2D eigenvalue weighted by molar-refractivity contribution is -0.124. The molecule has 180 valence electrons. The molecule has 0 radical (unpaired) electrons. The number of nitrogens with zero attached hydrogens (tertiary/aromatic N) is 2. The van der Waals surface area contributed by atoms with Crippen molar-refractivity contribution in [2.45, 2.75) is 19.4 Å². The second-order valence-corrected chi connectivity index (χ2v) is 9.31. The molecule has 0 saturated carbocycles. The van der Waals surface area contributed by atoms with Gasteiger partial charge in [-0.05, 0) is 35.6 Å². The summed E-state index contributed by atoms with van der Waals surface area (Å²) in [6, 6.07) is 24.1. The van der Waals surface area contributed by atoms with Crippen LogP contribution < -0.4 is 10.9 Å². The first-order valence-electron chi connectivity index (χ1n) is 11.5. The maximum Gasteiger partial charge on any atom is 0.356 e. The van der Waals surface area contributed by atoms with Crippen LogP contribution in [-0.2, 0) is 16.6 Å². The fourth-order valence-corrected chi connectivity index (χ4v) is 5.09. The summed E-state index contributed by atoms with van der Waals surface area (Å²) in [6.45, 7) is 1.76. The van der Waals surface area contributed by atoms with Gasteiger partial charge in [0.05, 0.1) is 10.2 Å². The number of pyridine rings is 1. The van der Waals surface area contributed by atoms with E-state index in [1.807, 2.05) is 66.7 Å². The van der Waals surface area contributed by atoms with E-state index in [0.717, 1.165) is 15.8 Å². The van der Waals surface area contributed by atoms with Crippen LogP contribution in [0.1, 0.15) is 23.8 Å². The van der Waals surface area contributed by atoms with E-state index < -0.39 is 18.0 Å². The van der Waals surface area contributed by atoms with E-state index >= 15 is 0 Å². The largest absolute Gasteiger partial charge is 0.448 e. The number of ether oxygens (including phenoxy) is 1. The molecule has 0 aliphatic rings. The average molecular weight is 498 g/mol. The molecule has 5 aromatic rings. The molecule has 0 bridgehead atoms. The molecule has 2 aromatic heterocycles. The lowest BCUT2D eigenvalue weighted by Gasteiger charge is -2.20. The number of para-hydroxylation sites is 1. The number of thiazole rings is 1. The molecule has 1 unspecified atom stereocenters. The predicted octanol–water partition coefficient (Wildman–Crippen LogP) is 5.39. The van der Waals surface area contributed by atoms with Gasteiger partial charge in [-0.25, -0.2) is 9.78 Å². The molecule has 0 fully saturated rings. The molecule has 0 aliphatic heterocycles. The lowest BCUT2D eigenvalue weighted by atomic mass is 9.97. The Morgan fingerprint density at radius 2 is 1.64 bits per heavy atom. The number of fused-ring (bicyclic) bond motifs is 2. The molecule has 0 saturated heterocycles. The smallest absolute Gasteiger partial charge is 0.356 e. The Morgan fingerprint density at radius 3 is 2.36 bits per heavy atom. The first kappa shape index (κ1) is 23.4. The van der Waals surface area contributed by atoms with E-state index in [2.05, 4.69) is 10.3 Å². The third kappa shape index (κ3) is 4.27. The van der Waals surface area contributed by atoms with Crippen molar-refractivity contribution in [1.29, 1.82) is 0 Å². The minimum Gasteiger partial charge on any atom is -0.448 e. The number of rotatable bonds is 6. The van der Waals surface area contributed by atoms with Gasteiger partial charge in [-0.1, -0.05) is 78.9 Å². The van der Waals surface area contributed by atoms with Crippen LogP contribution in [0.15, 0.2) is 83.7 Å². The Hall–Kier alpha value is -4.30. The molecular formula is C28H23N3O4S. The molecule has 5 rings (SSSR count). The Kier molecular flexibility index (Phi) is 6.35. The first-order valence-corrected chi connectivity index (χ1v) is 12.3. The molecular weight excluding hydrogens is 474 g/mol. The van der Waals surface area contributed by atoms with E-state index in [0.29, 0.717) is 21.5 Å². The zero-order valence-corrected chi connectivity index (χ0v) is 20.5. The standard InChI is InChI=1S/C28H23N3O4S/c1-3-21(25(32)30-28-29-20-15-9-10-16-22(20)36-28)35-27(34)24-23(17-11-5-4-6-12-17)18-13-7-8-14-19(18)26(33)31(24)2/h4-16,21H,3H2,1-2H3,(H,29,30,32). The topological polar surface area (TPSA) is 90.3 Å². The van der Waals surface area contributed by atoms with Gasteiger partial charge in [0.15, 0.2) is 11.2 Å². The van der Waals surface area contributed by atoms with E-state index in [-0.39, 0.29) is 17.7 Å². The number of benzene rings is 3. The summed E-state index contributed by atoms with van der Waals surface area (Å²) in [6.07, 6.45) is -0.806. The summed E-state index contributed by atoms with van der Waals surface area (Å²) in [5.74, 6) is -1.22. The number of carbonyl (C=O) groups is 2. The summed E-state index contributed by atoms with van der Waals surface area (Å²) in [7, 11) is 1.54. The predicted molar refractivity (Wildman–Crippen MR) is 142 cm³/mol. The highest BCUT2D eigenvalue weighted by Crippen LogP contribution is 2.31. The number of aromatic nitrogens is 2. The molecule has 2 heterocycles. The molecule has 3 aromatic carbocycles. The maximum absolute atomic E-state index is 13.5. The normalized spacial score (nSPS) is 11.9. The molecule has 0 spiro atoms. The van der Waals surface area contributed by atoms with Gasteiger partial charge in [0, 0.05) is 18.0 Å². The highest BCUT2D eigenvalue weighted by Gasteiger charge is 2.28. The Balaban J connectivity index is 1.51. The number of nitrogens with one attached hydrogen (secondary N) is 1. The van der Waals surface area contributed by atoms with Crippen molar-refractivity contribution in [3.05, 3.63) is 94.9 Å². The molecule has 0 aliphatic carbocycles. The van der Waals surface area contributed by atoms with Crippen LogP contribution in [0.5, 0.6) is 0 Å². The van der Waals surface area contributed by atoms with Crippen LogP contribution in [0.25, 0.3) is 32.1 Å². The Morgan fingerprint density at radius 1 is 0.972 bits per heavy atom. The number of hydrogen-bond donors (Lipinski definition) is 1. The molecule has 36 heavy (non-hydrogen) atoms. The van der Waals surface area contributed by atoms with E-state index in [4.69, 9.17) is 4.74 Å². The third-order valence-electron chi connectivity index (χ3n) is 6.00. The van der Waals surface area contributed by atoms with Crippen LogP contribution >= 0.6 is 11.3 Å². The number of amides is 1. The fourth-order valence-electron chi connectivity index (χ4n) is 4.22. The SMILES string of the molecule is CCC(OC(=O)c1c(-c2ccccc2)c2ccccc2c(=O)n1C)C(=O)Nc1nc2ccccc2s1. The summed E-state index contributed by atoms with van der Waals surface area (Å²) in [5, 5.41) is 4.33. The average Bonchev–Trinajstić information content (AvgIpc) is 3.31. The molecule has 8 heteroatoms. The first-order chi connectivity index (χ1) is 17.5. The second kappa shape index (κ2) is 9.75. The Bertz CT molecular complexity index is 1620. The number of hydrogen-bond acceptors (Lipinski definition) is 6. The van der Waals surface area contributed by atoms with Crippen molar-refractivity contribution in [3.63, 3.8) is 0 Å². The van der Waals surface area contributed by atoms with E-state index in [1.165, 1.54) is 15.9 Å². The summed E-state index contributed by atoms with van der Waals surface area (Å²) in [4.78, 5) is 44.1. The van der Waals surface area contributed by atoms with Crippen LogP contribution in [0, 0.1) is 0 Å². The summed E-state index contributed by atoms with van der Waals surface area (Å²) < 4.78 is 7.94. The quantitative estimate of drug-likeness (QED) is 0.318. The zero-order valence-electron chi connectivity index (χ0n) is 19.7. The maximum atomic E-state index is 13.5. The van der Waals surface area contributed by atoms with Crippen LogP contribution in [-0.4, -0.2) is 27.5 Å². The number of esters is 1.